The Hall–Kier alpha value is 1.12. The zero-order valence-corrected chi connectivity index (χ0v) is 8.16. The van der Waals surface area contributed by atoms with E-state index in [0.717, 1.165) is 0 Å². The fourth-order valence-corrected chi connectivity index (χ4v) is 0. The minimum atomic E-state index is -5.35. The molecule has 0 spiro atoms. The summed E-state index contributed by atoms with van der Waals surface area (Å²) in [5, 5.41) is 0. The summed E-state index contributed by atoms with van der Waals surface area (Å²) in [5.74, 6) is 0. The second-order valence-corrected chi connectivity index (χ2v) is 3.44. The zero-order valence-electron chi connectivity index (χ0n) is 3.05. The summed E-state index contributed by atoms with van der Waals surface area (Å²) in [4.78, 5) is 0. The number of hydrogen-bond acceptors (Lipinski definition) is 2. The first-order valence-electron chi connectivity index (χ1n) is 0.965. The molecule has 0 bridgehead atoms. The average molecular weight is 327 g/mol. The molecule has 0 aromatic carbocycles. The molecule has 0 aliphatic rings. The summed E-state index contributed by atoms with van der Waals surface area (Å²) >= 11 is -4.85. The third kappa shape index (κ3) is 149. The van der Waals surface area contributed by atoms with Crippen molar-refractivity contribution in [1.29, 1.82) is 0 Å². The second kappa shape index (κ2) is 5.26. The first kappa shape index (κ1) is 11.0. The van der Waals surface area contributed by atoms with Crippen LogP contribution in [0.5, 0.6) is 0 Å². The van der Waals surface area contributed by atoms with Crippen molar-refractivity contribution < 1.29 is 16.2 Å². The van der Waals surface area contributed by atoms with E-state index < -0.39 is 20.1 Å². The van der Waals surface area contributed by atoms with Crippen LogP contribution in [0.25, 0.3) is 0 Å². The van der Waals surface area contributed by atoms with Crippen LogP contribution < -0.4 is 0 Å². The molecule has 3 N–H and O–H groups in total. The van der Waals surface area contributed by atoms with Crippen molar-refractivity contribution in [2.75, 3.05) is 0 Å². The zero-order chi connectivity index (χ0) is 6.50. The Kier molecular flexibility index (Phi) is 8.25. The third-order valence-corrected chi connectivity index (χ3v) is 0. The molecule has 1 radical (unpaired) electrons. The van der Waals surface area contributed by atoms with Gasteiger partial charge in [-0.2, -0.15) is 0 Å². The third-order valence-electron chi connectivity index (χ3n) is 0. The van der Waals surface area contributed by atoms with Gasteiger partial charge in [-0.3, -0.25) is 0 Å². The van der Waals surface area contributed by atoms with Gasteiger partial charge in [0, 0.05) is 0 Å². The van der Waals surface area contributed by atoms with Crippen LogP contribution in [0.4, 0.5) is 0 Å². The first-order chi connectivity index (χ1) is 3.00. The summed E-state index contributed by atoms with van der Waals surface area (Å²) in [5.41, 5.74) is 0. The maximum atomic E-state index is 8.97. The van der Waals surface area contributed by atoms with E-state index in [1.807, 2.05) is 0 Å². The molecule has 0 aliphatic heterocycles. The van der Waals surface area contributed by atoms with Crippen molar-refractivity contribution in [2.45, 2.75) is 0 Å². The van der Waals surface area contributed by atoms with Crippen LogP contribution in [0.2, 0.25) is 0 Å². The van der Waals surface area contributed by atoms with Crippen molar-refractivity contribution in [1.82, 2.24) is 0 Å². The van der Waals surface area contributed by atoms with Gasteiger partial charge in [0.25, 0.3) is 0 Å². The Labute approximate surface area is 58.9 Å². The van der Waals surface area contributed by atoms with Gasteiger partial charge in [0.05, 0.1) is 0 Å². The molecule has 5 nitrogen and oxygen atoms in total. The van der Waals surface area contributed by atoms with Gasteiger partial charge in [-0.05, 0) is 0 Å². The van der Waals surface area contributed by atoms with Gasteiger partial charge in [0.15, 0.2) is 0 Å². The van der Waals surface area contributed by atoms with Crippen LogP contribution in [0, 0.1) is 0 Å². The quantitative estimate of drug-likeness (QED) is 0.422. The van der Waals surface area contributed by atoms with Crippen molar-refractivity contribution in [2.24, 2.45) is 0 Å². The van der Waals surface area contributed by atoms with Crippen LogP contribution >= 0.6 is 0 Å². The Bertz CT molecular complexity index is 61.9. The molecule has 43 valence electrons. The summed E-state index contributed by atoms with van der Waals surface area (Å²) < 4.78 is 39.1. The van der Waals surface area contributed by atoms with Crippen molar-refractivity contribution >= 4 is 43.1 Å². The molecule has 7 heavy (non-hydrogen) atoms. The van der Waals surface area contributed by atoms with Gasteiger partial charge in [-0.15, -0.1) is 0 Å². The molecule has 0 aliphatic carbocycles. The topological polar surface area (TPSA) is 94.8 Å². The molecule has 0 saturated heterocycles. The van der Waals surface area contributed by atoms with E-state index in [9.17, 15) is 0 Å². The van der Waals surface area contributed by atoms with E-state index in [2.05, 4.69) is 0 Å². The van der Waals surface area contributed by atoms with Crippen LogP contribution in [-0.2, 0) is 6.03 Å². The monoisotopic (exact) mass is 325 g/mol. The van der Waals surface area contributed by atoms with Crippen LogP contribution in [-0.4, -0.2) is 53.2 Å². The molecular formula is H3O5Sb2. The number of rotatable bonds is 0. The van der Waals surface area contributed by atoms with Gasteiger partial charge < -0.3 is 0 Å². The molecule has 0 saturated carbocycles. The number of hydrogen-bond donors (Lipinski definition) is 3. The second-order valence-electron chi connectivity index (χ2n) is 0.513. The minimum absolute atomic E-state index is 0.500. The van der Waals surface area contributed by atoms with E-state index in [1.165, 1.54) is 0 Å². The molecule has 0 amide bonds. The fourth-order valence-electron chi connectivity index (χ4n) is 0. The Morgan fingerprint density at radius 3 is 1.14 bits per heavy atom. The SMILES string of the molecule is [O]=[Sb].[O]=[Sb]([OH])([OH])[OH]. The molecule has 0 heterocycles. The normalized spacial score (nSPS) is 9.00. The summed E-state index contributed by atoms with van der Waals surface area (Å²) in [7, 11) is 0. The molecule has 0 rings (SSSR count). The van der Waals surface area contributed by atoms with Crippen molar-refractivity contribution in [3.63, 3.8) is 0 Å². The van der Waals surface area contributed by atoms with Gasteiger partial charge in [-0.1, -0.05) is 0 Å². The predicted molar refractivity (Wildman–Crippen MR) is 19.5 cm³/mol. The van der Waals surface area contributed by atoms with Gasteiger partial charge in [0.2, 0.25) is 0 Å². The summed E-state index contributed by atoms with van der Waals surface area (Å²) in [6.45, 7) is 0. The molecular weight excluding hydrogens is 324 g/mol. The van der Waals surface area contributed by atoms with Crippen LogP contribution in [0.1, 0.15) is 0 Å². The molecule has 0 fully saturated rings. The summed E-state index contributed by atoms with van der Waals surface area (Å²) in [6.07, 6.45) is 0. The molecule has 0 atom stereocenters. The molecule has 0 aromatic heterocycles. The molecule has 7 heteroatoms. The van der Waals surface area contributed by atoms with Crippen molar-refractivity contribution in [3.8, 4) is 0 Å². The van der Waals surface area contributed by atoms with Crippen LogP contribution in [0.15, 0.2) is 0 Å². The summed E-state index contributed by atoms with van der Waals surface area (Å²) in [6, 6.07) is 0. The molecule has 0 aromatic rings. The van der Waals surface area contributed by atoms with E-state index in [0.29, 0.717) is 23.0 Å². The van der Waals surface area contributed by atoms with E-state index >= 15 is 0 Å². The average Bonchev–Trinajstić information content (AvgIpc) is 1.36. The van der Waals surface area contributed by atoms with Gasteiger partial charge in [0.1, 0.15) is 0 Å². The van der Waals surface area contributed by atoms with E-state index in [-0.39, 0.29) is 0 Å². The first-order valence-corrected chi connectivity index (χ1v) is 6.47. The standard InChI is InChI=1S/3H2O.2O.2Sb/h3*1H2;;;;/q;;;;;;+3/p-3. The van der Waals surface area contributed by atoms with Crippen LogP contribution in [0.3, 0.4) is 0 Å². The van der Waals surface area contributed by atoms with E-state index in [1.54, 1.807) is 0 Å². The molecule has 0 unspecified atom stereocenters. The van der Waals surface area contributed by atoms with E-state index in [4.69, 9.17) is 16.2 Å². The Balaban J connectivity index is 0. The van der Waals surface area contributed by atoms with Gasteiger partial charge >= 0.3 is 59.3 Å². The fraction of sp³-hybridized carbons (Fsp3) is 0. The van der Waals surface area contributed by atoms with Gasteiger partial charge in [-0.25, -0.2) is 0 Å². The Morgan fingerprint density at radius 1 is 1.14 bits per heavy atom. The maximum absolute atomic E-state index is 8.97. The Morgan fingerprint density at radius 2 is 1.14 bits per heavy atom. The predicted octanol–water partition coefficient (Wildman–Crippen LogP) is -2.67. The van der Waals surface area contributed by atoms with Crippen molar-refractivity contribution in [3.05, 3.63) is 0 Å².